The lowest BCUT2D eigenvalue weighted by Gasteiger charge is -2.30. The Morgan fingerprint density at radius 1 is 1.23 bits per heavy atom. The van der Waals surface area contributed by atoms with Gasteiger partial charge in [0.15, 0.2) is 0 Å². The topological polar surface area (TPSA) is 26.3 Å². The molecule has 0 aromatic heterocycles. The van der Waals surface area contributed by atoms with Crippen LogP contribution in [0.3, 0.4) is 0 Å². The first-order valence-corrected chi connectivity index (χ1v) is 8.31. The summed E-state index contributed by atoms with van der Waals surface area (Å²) in [4.78, 5) is 12.5. The number of hydrogen-bond donors (Lipinski definition) is 0. The van der Waals surface area contributed by atoms with Gasteiger partial charge in [0.25, 0.3) is 0 Å². The highest BCUT2D eigenvalue weighted by Crippen LogP contribution is 2.39. The fraction of sp³-hybridized carbons (Fsp3) is 0.550. The lowest BCUT2D eigenvalue weighted by Crippen LogP contribution is -2.33. The summed E-state index contributed by atoms with van der Waals surface area (Å²) in [6.45, 7) is 12.6. The van der Waals surface area contributed by atoms with E-state index < -0.39 is 5.60 Å². The summed E-state index contributed by atoms with van der Waals surface area (Å²) in [5, 5.41) is 0. The Balaban J connectivity index is 2.15. The van der Waals surface area contributed by atoms with Crippen LogP contribution in [-0.2, 0) is 10.2 Å². The Kier molecular flexibility index (Phi) is 4.79. The van der Waals surface area contributed by atoms with Crippen LogP contribution < -0.4 is 0 Å². The Morgan fingerprint density at radius 2 is 1.77 bits per heavy atom. The van der Waals surface area contributed by atoms with Crippen molar-refractivity contribution in [1.82, 2.24) is 0 Å². The van der Waals surface area contributed by atoms with E-state index in [0.29, 0.717) is 5.56 Å². The van der Waals surface area contributed by atoms with E-state index in [0.717, 1.165) is 37.7 Å². The van der Waals surface area contributed by atoms with Gasteiger partial charge in [-0.2, -0.15) is 0 Å². The Morgan fingerprint density at radius 3 is 2.23 bits per heavy atom. The minimum absolute atomic E-state index is 0.132. The van der Waals surface area contributed by atoms with Crippen molar-refractivity contribution < 1.29 is 9.53 Å². The summed E-state index contributed by atoms with van der Waals surface area (Å²) in [6.07, 6.45) is 5.06. The van der Waals surface area contributed by atoms with Gasteiger partial charge in [0.05, 0.1) is 5.56 Å². The average Bonchev–Trinajstić information content (AvgIpc) is 2.97. The van der Waals surface area contributed by atoms with Crippen molar-refractivity contribution in [3.8, 4) is 0 Å². The molecule has 0 heterocycles. The molecule has 0 saturated heterocycles. The molecule has 0 unspecified atom stereocenters. The van der Waals surface area contributed by atoms with E-state index in [1.807, 2.05) is 31.2 Å². The number of carbonyl (C=O) groups is 1. The molecule has 0 radical (unpaired) electrons. The molecule has 0 bridgehead atoms. The van der Waals surface area contributed by atoms with Crippen molar-refractivity contribution >= 4 is 5.97 Å². The number of benzene rings is 1. The second-order valence-corrected chi connectivity index (χ2v) is 7.19. The van der Waals surface area contributed by atoms with Crippen molar-refractivity contribution in [1.29, 1.82) is 0 Å². The number of hydrogen-bond acceptors (Lipinski definition) is 2. The fourth-order valence-corrected chi connectivity index (χ4v) is 3.06. The molecule has 1 saturated carbocycles. The van der Waals surface area contributed by atoms with Crippen LogP contribution in [0, 0.1) is 0 Å². The third kappa shape index (κ3) is 3.26. The number of esters is 1. The van der Waals surface area contributed by atoms with E-state index in [9.17, 15) is 4.79 Å². The molecule has 0 aliphatic heterocycles. The summed E-state index contributed by atoms with van der Waals surface area (Å²) in [5.41, 5.74) is 2.53. The predicted molar refractivity (Wildman–Crippen MR) is 91.2 cm³/mol. The van der Waals surface area contributed by atoms with Crippen LogP contribution in [0.1, 0.15) is 75.7 Å². The highest BCUT2D eigenvalue weighted by Gasteiger charge is 2.38. The lowest BCUT2D eigenvalue weighted by atomic mass is 9.82. The van der Waals surface area contributed by atoms with Crippen LogP contribution in [0.15, 0.2) is 36.4 Å². The van der Waals surface area contributed by atoms with Crippen LogP contribution in [-0.4, -0.2) is 11.6 Å². The molecule has 1 aromatic carbocycles. The van der Waals surface area contributed by atoms with Crippen LogP contribution >= 0.6 is 0 Å². The van der Waals surface area contributed by atoms with Crippen LogP contribution in [0.4, 0.5) is 0 Å². The quantitative estimate of drug-likeness (QED) is 0.536. The summed E-state index contributed by atoms with van der Waals surface area (Å²) in [6, 6.07) is 7.86. The minimum Gasteiger partial charge on any atom is -0.451 e. The normalized spacial score (nSPS) is 17.3. The zero-order valence-corrected chi connectivity index (χ0v) is 14.4. The standard InChI is InChI=1S/C20H28O2/c1-6-19(4,5)17-11-9-16(10-12-17)18(21)22-20(15(2)3)13-7-8-14-20/h9-12H,2,6-8,13-14H2,1,3-5H3. The van der Waals surface area contributed by atoms with Crippen molar-refractivity contribution in [2.45, 2.75) is 70.8 Å². The van der Waals surface area contributed by atoms with E-state index in [-0.39, 0.29) is 11.4 Å². The van der Waals surface area contributed by atoms with Crippen molar-refractivity contribution in [2.75, 3.05) is 0 Å². The second-order valence-electron chi connectivity index (χ2n) is 7.19. The maximum Gasteiger partial charge on any atom is 0.339 e. The summed E-state index contributed by atoms with van der Waals surface area (Å²) < 4.78 is 5.86. The molecule has 1 aromatic rings. The molecule has 22 heavy (non-hydrogen) atoms. The molecule has 120 valence electrons. The predicted octanol–water partition coefficient (Wildman–Crippen LogP) is 5.42. The second kappa shape index (κ2) is 6.28. The number of rotatable bonds is 5. The summed E-state index contributed by atoms with van der Waals surface area (Å²) in [5.74, 6) is -0.231. The molecular weight excluding hydrogens is 272 g/mol. The summed E-state index contributed by atoms with van der Waals surface area (Å²) >= 11 is 0. The molecular formula is C20H28O2. The van der Waals surface area contributed by atoms with Crippen LogP contribution in [0.25, 0.3) is 0 Å². The molecule has 1 aliphatic carbocycles. The van der Waals surface area contributed by atoms with Gasteiger partial charge in [-0.15, -0.1) is 0 Å². The van der Waals surface area contributed by atoms with Gasteiger partial charge in [-0.25, -0.2) is 4.79 Å². The van der Waals surface area contributed by atoms with Gasteiger partial charge >= 0.3 is 5.97 Å². The maximum atomic E-state index is 12.5. The monoisotopic (exact) mass is 300 g/mol. The first-order valence-electron chi connectivity index (χ1n) is 8.31. The molecule has 1 aliphatic rings. The first-order chi connectivity index (χ1) is 10.3. The first kappa shape index (κ1) is 16.8. The molecule has 2 heteroatoms. The largest absolute Gasteiger partial charge is 0.451 e. The average molecular weight is 300 g/mol. The molecule has 0 amide bonds. The third-order valence-corrected chi connectivity index (χ3v) is 5.26. The van der Waals surface area contributed by atoms with Crippen molar-refractivity contribution in [3.05, 3.63) is 47.5 Å². The maximum absolute atomic E-state index is 12.5. The number of carbonyl (C=O) groups excluding carboxylic acids is 1. The molecule has 0 atom stereocenters. The van der Waals surface area contributed by atoms with E-state index in [4.69, 9.17) is 4.74 Å². The van der Waals surface area contributed by atoms with E-state index in [1.165, 1.54) is 5.56 Å². The van der Waals surface area contributed by atoms with Gasteiger partial charge in [0.1, 0.15) is 5.60 Å². The summed E-state index contributed by atoms with van der Waals surface area (Å²) in [7, 11) is 0. The molecule has 0 spiro atoms. The fourth-order valence-electron chi connectivity index (χ4n) is 3.06. The van der Waals surface area contributed by atoms with Gasteiger partial charge in [0, 0.05) is 0 Å². The van der Waals surface area contributed by atoms with Gasteiger partial charge in [-0.3, -0.25) is 0 Å². The third-order valence-electron chi connectivity index (χ3n) is 5.26. The van der Waals surface area contributed by atoms with E-state index >= 15 is 0 Å². The zero-order valence-electron chi connectivity index (χ0n) is 14.4. The Labute approximate surface area is 134 Å². The number of ether oxygens (including phenoxy) is 1. The smallest absolute Gasteiger partial charge is 0.339 e. The lowest BCUT2D eigenvalue weighted by molar-refractivity contribution is 0.00192. The SMILES string of the molecule is C=C(C)C1(OC(=O)c2ccc(C(C)(C)CC)cc2)CCCC1. The van der Waals surface area contributed by atoms with Crippen LogP contribution in [0.5, 0.6) is 0 Å². The highest BCUT2D eigenvalue weighted by molar-refractivity contribution is 5.90. The molecule has 0 N–H and O–H groups in total. The highest BCUT2D eigenvalue weighted by atomic mass is 16.6. The van der Waals surface area contributed by atoms with Crippen LogP contribution in [0.2, 0.25) is 0 Å². The zero-order chi connectivity index (χ0) is 16.4. The van der Waals surface area contributed by atoms with E-state index in [1.54, 1.807) is 0 Å². The van der Waals surface area contributed by atoms with Crippen molar-refractivity contribution in [3.63, 3.8) is 0 Å². The molecule has 2 rings (SSSR count). The van der Waals surface area contributed by atoms with Crippen molar-refractivity contribution in [2.24, 2.45) is 0 Å². The van der Waals surface area contributed by atoms with E-state index in [2.05, 4.69) is 27.4 Å². The molecule has 2 nitrogen and oxygen atoms in total. The van der Waals surface area contributed by atoms with Gasteiger partial charge in [-0.05, 0) is 67.7 Å². The van der Waals surface area contributed by atoms with Gasteiger partial charge in [0.2, 0.25) is 0 Å². The Bertz CT molecular complexity index is 546. The van der Waals surface area contributed by atoms with Gasteiger partial charge < -0.3 is 4.74 Å². The molecule has 1 fully saturated rings. The minimum atomic E-state index is -0.446. The van der Waals surface area contributed by atoms with Gasteiger partial charge in [-0.1, -0.05) is 39.5 Å². The Hall–Kier alpha value is -1.57.